The van der Waals surface area contributed by atoms with E-state index in [2.05, 4.69) is 0 Å². The van der Waals surface area contributed by atoms with E-state index in [4.69, 9.17) is 5.11 Å². The Morgan fingerprint density at radius 2 is 1.62 bits per heavy atom. The van der Waals surface area contributed by atoms with Gasteiger partial charge in [0.25, 0.3) is 0 Å². The quantitative estimate of drug-likeness (QED) is 0.920. The molecule has 2 aromatic carbocycles. The van der Waals surface area contributed by atoms with Crippen LogP contribution in [0.1, 0.15) is 15.9 Å². The van der Waals surface area contributed by atoms with Gasteiger partial charge in [0.15, 0.2) is 0 Å². The van der Waals surface area contributed by atoms with E-state index in [1.165, 1.54) is 16.4 Å². The molecule has 110 valence electrons. The first-order valence-corrected chi connectivity index (χ1v) is 8.08. The van der Waals surface area contributed by atoms with Gasteiger partial charge in [-0.15, -0.1) is 0 Å². The van der Waals surface area contributed by atoms with E-state index in [0.717, 1.165) is 6.26 Å². The lowest BCUT2D eigenvalue weighted by Crippen LogP contribution is -2.29. The highest BCUT2D eigenvalue weighted by atomic mass is 32.2. The van der Waals surface area contributed by atoms with E-state index in [0.29, 0.717) is 11.3 Å². The summed E-state index contributed by atoms with van der Waals surface area (Å²) in [4.78, 5) is 10.8. The molecule has 0 unspecified atom stereocenters. The van der Waals surface area contributed by atoms with Crippen LogP contribution in [0.15, 0.2) is 54.6 Å². The van der Waals surface area contributed by atoms with Crippen molar-refractivity contribution in [1.82, 2.24) is 0 Å². The molecule has 2 rings (SSSR count). The summed E-state index contributed by atoms with van der Waals surface area (Å²) in [5.41, 5.74) is 1.46. The minimum atomic E-state index is -3.43. The average Bonchev–Trinajstić information content (AvgIpc) is 2.45. The number of anilines is 1. The molecule has 6 heteroatoms. The Labute approximate surface area is 123 Å². The maximum absolute atomic E-state index is 11.9. The Balaban J connectivity index is 2.30. The van der Waals surface area contributed by atoms with E-state index in [1.54, 1.807) is 36.4 Å². The number of rotatable bonds is 5. The van der Waals surface area contributed by atoms with Gasteiger partial charge < -0.3 is 5.11 Å². The fourth-order valence-electron chi connectivity index (χ4n) is 1.91. The molecular weight excluding hydrogens is 290 g/mol. The molecule has 1 N–H and O–H groups in total. The summed E-state index contributed by atoms with van der Waals surface area (Å²) in [6.07, 6.45) is 1.14. The van der Waals surface area contributed by atoms with Gasteiger partial charge in [-0.1, -0.05) is 30.3 Å². The summed E-state index contributed by atoms with van der Waals surface area (Å²) in [6.45, 7) is 0.156. The minimum absolute atomic E-state index is 0.156. The zero-order valence-electron chi connectivity index (χ0n) is 11.4. The molecule has 5 nitrogen and oxygen atoms in total. The van der Waals surface area contributed by atoms with E-state index in [1.807, 2.05) is 6.07 Å². The molecule has 2 aromatic rings. The van der Waals surface area contributed by atoms with Gasteiger partial charge in [-0.25, -0.2) is 13.2 Å². The van der Waals surface area contributed by atoms with Crippen LogP contribution >= 0.6 is 0 Å². The lowest BCUT2D eigenvalue weighted by atomic mass is 10.1. The SMILES string of the molecule is CS(=O)(=O)N(Cc1ccc(C(=O)O)cc1)c1ccccc1. The second-order valence-corrected chi connectivity index (χ2v) is 6.51. The van der Waals surface area contributed by atoms with Crippen molar-refractivity contribution >= 4 is 21.7 Å². The van der Waals surface area contributed by atoms with Gasteiger partial charge in [-0.3, -0.25) is 4.31 Å². The normalized spacial score (nSPS) is 11.1. The molecule has 0 bridgehead atoms. The van der Waals surface area contributed by atoms with Crippen molar-refractivity contribution in [3.8, 4) is 0 Å². The molecule has 0 aliphatic rings. The molecule has 0 amide bonds. The third kappa shape index (κ3) is 3.82. The Bertz CT molecular complexity index is 724. The molecule has 21 heavy (non-hydrogen) atoms. The first-order valence-electron chi connectivity index (χ1n) is 6.23. The number of hydrogen-bond donors (Lipinski definition) is 1. The lowest BCUT2D eigenvalue weighted by molar-refractivity contribution is 0.0697. The van der Waals surface area contributed by atoms with Gasteiger partial charge in [0.1, 0.15) is 0 Å². The zero-order chi connectivity index (χ0) is 15.5. The van der Waals surface area contributed by atoms with Crippen LogP contribution in [0.25, 0.3) is 0 Å². The molecule has 0 fully saturated rings. The Hall–Kier alpha value is -2.34. The molecule has 0 radical (unpaired) electrons. The van der Waals surface area contributed by atoms with Gasteiger partial charge >= 0.3 is 5.97 Å². The number of carboxylic acid groups (broad SMARTS) is 1. The van der Waals surface area contributed by atoms with Crippen LogP contribution in [0.4, 0.5) is 5.69 Å². The van der Waals surface area contributed by atoms with Gasteiger partial charge in [-0.05, 0) is 29.8 Å². The fourth-order valence-corrected chi connectivity index (χ4v) is 2.80. The standard InChI is InChI=1S/C15H15NO4S/c1-21(19,20)16(14-5-3-2-4-6-14)11-12-7-9-13(10-8-12)15(17)18/h2-10H,11H2,1H3,(H,17,18). The summed E-state index contributed by atoms with van der Waals surface area (Å²) in [5.74, 6) is -1.01. The number of benzene rings is 2. The van der Waals surface area contributed by atoms with Crippen LogP contribution in [0.3, 0.4) is 0 Å². The predicted molar refractivity (Wildman–Crippen MR) is 80.9 cm³/mol. The number of aromatic carboxylic acids is 1. The summed E-state index contributed by atoms with van der Waals surface area (Å²) in [7, 11) is -3.43. The molecule has 0 heterocycles. The fraction of sp³-hybridized carbons (Fsp3) is 0.133. The van der Waals surface area contributed by atoms with Crippen LogP contribution < -0.4 is 4.31 Å². The molecule has 0 spiro atoms. The van der Waals surface area contributed by atoms with Crippen molar-refractivity contribution in [2.75, 3.05) is 10.6 Å². The van der Waals surface area contributed by atoms with Crippen molar-refractivity contribution in [2.45, 2.75) is 6.54 Å². The maximum atomic E-state index is 11.9. The summed E-state index contributed by atoms with van der Waals surface area (Å²) >= 11 is 0. The average molecular weight is 305 g/mol. The minimum Gasteiger partial charge on any atom is -0.478 e. The summed E-state index contributed by atoms with van der Waals surface area (Å²) in [6, 6.07) is 14.9. The predicted octanol–water partition coefficient (Wildman–Crippen LogP) is 2.35. The molecular formula is C15H15NO4S. The van der Waals surface area contributed by atoms with Gasteiger partial charge in [-0.2, -0.15) is 0 Å². The highest BCUT2D eigenvalue weighted by molar-refractivity contribution is 7.92. The van der Waals surface area contributed by atoms with Crippen molar-refractivity contribution in [3.63, 3.8) is 0 Å². The Kier molecular flexibility index (Phi) is 4.28. The van der Waals surface area contributed by atoms with Gasteiger partial charge in [0.2, 0.25) is 10.0 Å². The van der Waals surface area contributed by atoms with Crippen molar-refractivity contribution in [2.24, 2.45) is 0 Å². The van der Waals surface area contributed by atoms with Crippen LogP contribution in [0.5, 0.6) is 0 Å². The highest BCUT2D eigenvalue weighted by Crippen LogP contribution is 2.20. The first-order chi connectivity index (χ1) is 9.88. The van der Waals surface area contributed by atoms with E-state index >= 15 is 0 Å². The largest absolute Gasteiger partial charge is 0.478 e. The lowest BCUT2D eigenvalue weighted by Gasteiger charge is -2.22. The topological polar surface area (TPSA) is 74.7 Å². The van der Waals surface area contributed by atoms with E-state index in [-0.39, 0.29) is 12.1 Å². The number of carbonyl (C=O) groups is 1. The van der Waals surface area contributed by atoms with Crippen LogP contribution in [0, 0.1) is 0 Å². The first kappa shape index (κ1) is 15.1. The van der Waals surface area contributed by atoms with E-state index in [9.17, 15) is 13.2 Å². The zero-order valence-corrected chi connectivity index (χ0v) is 12.2. The van der Waals surface area contributed by atoms with Crippen LogP contribution in [-0.4, -0.2) is 25.7 Å². The van der Waals surface area contributed by atoms with Crippen LogP contribution in [0.2, 0.25) is 0 Å². The van der Waals surface area contributed by atoms with Crippen molar-refractivity contribution in [3.05, 3.63) is 65.7 Å². The molecule has 0 aliphatic heterocycles. The van der Waals surface area contributed by atoms with E-state index < -0.39 is 16.0 Å². The highest BCUT2D eigenvalue weighted by Gasteiger charge is 2.17. The Morgan fingerprint density at radius 1 is 1.05 bits per heavy atom. The van der Waals surface area contributed by atoms with Crippen LogP contribution in [-0.2, 0) is 16.6 Å². The molecule has 0 aromatic heterocycles. The number of carboxylic acids is 1. The molecule has 0 aliphatic carbocycles. The van der Waals surface area contributed by atoms with Crippen molar-refractivity contribution in [1.29, 1.82) is 0 Å². The number of para-hydroxylation sites is 1. The molecule has 0 saturated carbocycles. The number of hydrogen-bond acceptors (Lipinski definition) is 3. The van der Waals surface area contributed by atoms with Gasteiger partial charge in [0, 0.05) is 0 Å². The van der Waals surface area contributed by atoms with Gasteiger partial charge in [0.05, 0.1) is 24.1 Å². The second kappa shape index (κ2) is 5.97. The third-order valence-electron chi connectivity index (χ3n) is 2.97. The number of sulfonamides is 1. The monoisotopic (exact) mass is 305 g/mol. The molecule has 0 atom stereocenters. The smallest absolute Gasteiger partial charge is 0.335 e. The number of nitrogens with zero attached hydrogens (tertiary/aromatic N) is 1. The van der Waals surface area contributed by atoms with Crippen molar-refractivity contribution < 1.29 is 18.3 Å². The molecule has 0 saturated heterocycles. The summed E-state index contributed by atoms with van der Waals surface area (Å²) < 4.78 is 25.2. The Morgan fingerprint density at radius 3 is 2.10 bits per heavy atom. The third-order valence-corrected chi connectivity index (χ3v) is 4.11. The second-order valence-electron chi connectivity index (χ2n) is 4.61. The summed E-state index contributed by atoms with van der Waals surface area (Å²) in [5, 5.41) is 8.86. The maximum Gasteiger partial charge on any atom is 0.335 e.